The zero-order valence-electron chi connectivity index (χ0n) is 16.1. The maximum atomic E-state index is 12.7. The molecule has 0 spiro atoms. The van der Waals surface area contributed by atoms with Crippen LogP contribution in [0.15, 0.2) is 89.7 Å². The number of benzene rings is 3. The van der Waals surface area contributed by atoms with Crippen molar-refractivity contribution >= 4 is 16.6 Å². The van der Waals surface area contributed by atoms with E-state index in [0.717, 1.165) is 11.1 Å². The molecule has 2 aromatic heterocycles. The molecule has 5 rings (SSSR count). The first-order valence-corrected chi connectivity index (χ1v) is 9.50. The maximum absolute atomic E-state index is 12.7. The Balaban J connectivity index is 1.91. The van der Waals surface area contributed by atoms with Crippen LogP contribution in [0.1, 0.15) is 0 Å². The van der Waals surface area contributed by atoms with E-state index in [1.54, 1.807) is 16.8 Å². The molecule has 0 aliphatic carbocycles. The Morgan fingerprint density at radius 2 is 1.55 bits per heavy atom. The molecule has 31 heavy (non-hydrogen) atoms. The van der Waals surface area contributed by atoms with Gasteiger partial charge in [-0.1, -0.05) is 66.7 Å². The van der Waals surface area contributed by atoms with Crippen molar-refractivity contribution in [1.82, 2.24) is 20.0 Å². The predicted molar refractivity (Wildman–Crippen MR) is 117 cm³/mol. The number of fused-ring (bicyclic) bond motifs is 1. The highest BCUT2D eigenvalue weighted by atomic mass is 16.6. The molecule has 2 heterocycles. The summed E-state index contributed by atoms with van der Waals surface area (Å²) in [5.74, 6) is 0. The zero-order chi connectivity index (χ0) is 21.4. The number of hydrogen-bond donors (Lipinski definition) is 1. The average molecular weight is 409 g/mol. The summed E-state index contributed by atoms with van der Waals surface area (Å²) in [6, 6.07) is 25.1. The molecule has 1 N–H and O–H groups in total. The lowest BCUT2D eigenvalue weighted by Crippen LogP contribution is -2.09. The van der Waals surface area contributed by atoms with Gasteiger partial charge < -0.3 is 0 Å². The lowest BCUT2D eigenvalue weighted by molar-refractivity contribution is -0.384. The molecule has 5 aromatic rings. The third-order valence-corrected chi connectivity index (χ3v) is 4.99. The number of hydrogen-bond acceptors (Lipinski definition) is 5. The third kappa shape index (κ3) is 3.16. The second kappa shape index (κ2) is 7.34. The van der Waals surface area contributed by atoms with Crippen LogP contribution in [0.25, 0.3) is 39.1 Å². The van der Waals surface area contributed by atoms with E-state index in [1.165, 1.54) is 12.1 Å². The molecule has 0 atom stereocenters. The van der Waals surface area contributed by atoms with Gasteiger partial charge in [-0.2, -0.15) is 10.2 Å². The Morgan fingerprint density at radius 1 is 0.871 bits per heavy atom. The van der Waals surface area contributed by atoms with Crippen LogP contribution in [0.3, 0.4) is 0 Å². The molecule has 0 unspecified atom stereocenters. The summed E-state index contributed by atoms with van der Waals surface area (Å²) < 4.78 is 1.57. The lowest BCUT2D eigenvalue weighted by atomic mass is 10.0. The summed E-state index contributed by atoms with van der Waals surface area (Å²) in [6.45, 7) is 0. The number of H-pyrrole nitrogens is 1. The molecule has 0 bridgehead atoms. The molecule has 0 fully saturated rings. The summed E-state index contributed by atoms with van der Waals surface area (Å²) in [6.07, 6.45) is 0. The third-order valence-electron chi connectivity index (χ3n) is 4.99. The van der Waals surface area contributed by atoms with Crippen LogP contribution in [0.5, 0.6) is 0 Å². The first kappa shape index (κ1) is 18.4. The van der Waals surface area contributed by atoms with Gasteiger partial charge in [0.15, 0.2) is 5.52 Å². The first-order chi connectivity index (χ1) is 15.1. The second-order valence-corrected chi connectivity index (χ2v) is 6.89. The highest BCUT2D eigenvalue weighted by Crippen LogP contribution is 2.35. The SMILES string of the molecule is O=c1[nH]nc(-c2ccccc2)c2c(-c3ccccc3)n(-c3cccc([N+](=O)[O-])c3)nc12. The van der Waals surface area contributed by atoms with E-state index in [0.29, 0.717) is 22.5 Å². The van der Waals surface area contributed by atoms with E-state index in [-0.39, 0.29) is 11.2 Å². The highest BCUT2D eigenvalue weighted by molar-refractivity contribution is 6.02. The number of nitro benzene ring substituents is 1. The standard InChI is InChI=1S/C23H15N5O3/c29-23-21-19(20(24-25-23)15-8-3-1-4-9-15)22(16-10-5-2-6-11-16)27(26-21)17-12-7-13-18(14-17)28(30)31/h1-14H,(H,25,29). The minimum atomic E-state index is -0.460. The van der Waals surface area contributed by atoms with Crippen LogP contribution in [0.2, 0.25) is 0 Å². The van der Waals surface area contributed by atoms with Gasteiger partial charge in [-0.3, -0.25) is 14.9 Å². The van der Waals surface area contributed by atoms with Crippen molar-refractivity contribution in [3.05, 3.63) is 105 Å². The average Bonchev–Trinajstić information content (AvgIpc) is 3.22. The van der Waals surface area contributed by atoms with Crippen molar-refractivity contribution < 1.29 is 4.92 Å². The summed E-state index contributed by atoms with van der Waals surface area (Å²) in [7, 11) is 0. The van der Waals surface area contributed by atoms with E-state index in [9.17, 15) is 14.9 Å². The minimum absolute atomic E-state index is 0.0635. The molecule has 0 saturated carbocycles. The van der Waals surface area contributed by atoms with Crippen LogP contribution in [-0.4, -0.2) is 24.9 Å². The molecule has 0 aliphatic heterocycles. The van der Waals surface area contributed by atoms with E-state index in [2.05, 4.69) is 15.3 Å². The quantitative estimate of drug-likeness (QED) is 0.351. The van der Waals surface area contributed by atoms with Gasteiger partial charge >= 0.3 is 0 Å². The Labute approximate surface area is 175 Å². The Bertz CT molecular complexity index is 1470. The first-order valence-electron chi connectivity index (χ1n) is 9.50. The minimum Gasteiger partial charge on any atom is -0.265 e. The molecular weight excluding hydrogens is 394 g/mol. The summed E-state index contributed by atoms with van der Waals surface area (Å²) in [5.41, 5.74) is 3.02. The van der Waals surface area contributed by atoms with Gasteiger partial charge in [-0.25, -0.2) is 9.78 Å². The largest absolute Gasteiger partial charge is 0.292 e. The number of nitrogens with one attached hydrogen (secondary N) is 1. The van der Waals surface area contributed by atoms with Crippen LogP contribution in [0, 0.1) is 10.1 Å². The van der Waals surface area contributed by atoms with Crippen molar-refractivity contribution in [3.63, 3.8) is 0 Å². The van der Waals surface area contributed by atoms with Gasteiger partial charge in [0, 0.05) is 23.3 Å². The highest BCUT2D eigenvalue weighted by Gasteiger charge is 2.22. The fourth-order valence-corrected chi connectivity index (χ4v) is 3.61. The molecule has 0 amide bonds. The van der Waals surface area contributed by atoms with Crippen molar-refractivity contribution in [1.29, 1.82) is 0 Å². The smallest absolute Gasteiger partial charge is 0.265 e. The molecule has 8 heteroatoms. The number of non-ortho nitro benzene ring substituents is 1. The molecule has 3 aromatic carbocycles. The molecule has 0 radical (unpaired) electrons. The molecule has 8 nitrogen and oxygen atoms in total. The van der Waals surface area contributed by atoms with Gasteiger partial charge in [0.05, 0.1) is 21.7 Å². The Morgan fingerprint density at radius 3 is 2.23 bits per heavy atom. The van der Waals surface area contributed by atoms with E-state index >= 15 is 0 Å². The number of nitrogens with zero attached hydrogens (tertiary/aromatic N) is 4. The van der Waals surface area contributed by atoms with Crippen LogP contribution in [0.4, 0.5) is 5.69 Å². The van der Waals surface area contributed by atoms with Crippen molar-refractivity contribution in [2.24, 2.45) is 0 Å². The van der Waals surface area contributed by atoms with Gasteiger partial charge in [-0.15, -0.1) is 0 Å². The number of rotatable bonds is 4. The fraction of sp³-hybridized carbons (Fsp3) is 0. The van der Waals surface area contributed by atoms with Crippen LogP contribution >= 0.6 is 0 Å². The Hall–Kier alpha value is -4.59. The summed E-state index contributed by atoms with van der Waals surface area (Å²) in [4.78, 5) is 23.5. The van der Waals surface area contributed by atoms with E-state index < -0.39 is 10.5 Å². The number of aromatic amines is 1. The monoisotopic (exact) mass is 409 g/mol. The van der Waals surface area contributed by atoms with E-state index in [1.807, 2.05) is 60.7 Å². The fourth-order valence-electron chi connectivity index (χ4n) is 3.61. The summed E-state index contributed by atoms with van der Waals surface area (Å²) in [5, 5.41) is 23.3. The van der Waals surface area contributed by atoms with Gasteiger partial charge in [0.25, 0.3) is 11.2 Å². The van der Waals surface area contributed by atoms with Crippen LogP contribution < -0.4 is 5.56 Å². The number of aromatic nitrogens is 4. The van der Waals surface area contributed by atoms with Gasteiger partial charge in [0.1, 0.15) is 5.69 Å². The zero-order valence-corrected chi connectivity index (χ0v) is 16.1. The van der Waals surface area contributed by atoms with Crippen molar-refractivity contribution in [2.75, 3.05) is 0 Å². The van der Waals surface area contributed by atoms with Crippen LogP contribution in [-0.2, 0) is 0 Å². The molecular formula is C23H15N5O3. The molecule has 150 valence electrons. The van der Waals surface area contributed by atoms with Gasteiger partial charge in [0.2, 0.25) is 0 Å². The number of nitro groups is 1. The van der Waals surface area contributed by atoms with Crippen molar-refractivity contribution in [2.45, 2.75) is 0 Å². The molecule has 0 aliphatic rings. The summed E-state index contributed by atoms with van der Waals surface area (Å²) >= 11 is 0. The van der Waals surface area contributed by atoms with Gasteiger partial charge in [-0.05, 0) is 6.07 Å². The normalized spacial score (nSPS) is 11.0. The van der Waals surface area contributed by atoms with Crippen molar-refractivity contribution in [3.8, 4) is 28.2 Å². The van der Waals surface area contributed by atoms with E-state index in [4.69, 9.17) is 0 Å². The Kier molecular flexibility index (Phi) is 4.37. The topological polar surface area (TPSA) is 107 Å². The predicted octanol–water partition coefficient (Wildman–Crippen LogP) is 4.35. The maximum Gasteiger partial charge on any atom is 0.292 e. The second-order valence-electron chi connectivity index (χ2n) is 6.89. The molecule has 0 saturated heterocycles. The lowest BCUT2D eigenvalue weighted by Gasteiger charge is -2.09.